The van der Waals surface area contributed by atoms with Gasteiger partial charge in [0, 0.05) is 6.20 Å². The minimum Gasteiger partial charge on any atom is -0.383 e. The first-order chi connectivity index (χ1) is 12.0. The van der Waals surface area contributed by atoms with Crippen molar-refractivity contribution >= 4 is 5.82 Å². The predicted molar refractivity (Wildman–Crippen MR) is 86.3 cm³/mol. The number of ether oxygens (including phenoxy) is 6. The van der Waals surface area contributed by atoms with Crippen molar-refractivity contribution in [1.29, 1.82) is 0 Å². The molecule has 0 bridgehead atoms. The number of anilines is 1. The molecular formula is C15H25N3O7. The summed E-state index contributed by atoms with van der Waals surface area (Å²) in [7, 11) is 0. The maximum absolute atomic E-state index is 11.9. The van der Waals surface area contributed by atoms with E-state index in [9.17, 15) is 4.79 Å². The van der Waals surface area contributed by atoms with Crippen molar-refractivity contribution in [2.24, 2.45) is 0 Å². The molecule has 0 aliphatic carbocycles. The predicted octanol–water partition coefficient (Wildman–Crippen LogP) is 0.434. The zero-order chi connectivity index (χ0) is 18.3. The monoisotopic (exact) mass is 359 g/mol. The van der Waals surface area contributed by atoms with Crippen molar-refractivity contribution in [3.05, 3.63) is 22.7 Å². The lowest BCUT2D eigenvalue weighted by Gasteiger charge is -2.31. The van der Waals surface area contributed by atoms with Crippen molar-refractivity contribution in [2.45, 2.75) is 39.4 Å². The van der Waals surface area contributed by atoms with Crippen LogP contribution in [0.1, 0.15) is 27.0 Å². The van der Waals surface area contributed by atoms with E-state index in [-0.39, 0.29) is 19.0 Å². The summed E-state index contributed by atoms with van der Waals surface area (Å²) >= 11 is 0. The summed E-state index contributed by atoms with van der Waals surface area (Å²) in [6.45, 7) is 6.57. The maximum Gasteiger partial charge on any atom is 0.412 e. The second-order valence-electron chi connectivity index (χ2n) is 5.01. The smallest absolute Gasteiger partial charge is 0.383 e. The molecule has 2 heterocycles. The second kappa shape index (κ2) is 9.22. The van der Waals surface area contributed by atoms with Crippen LogP contribution in [0.5, 0.6) is 0 Å². The molecule has 25 heavy (non-hydrogen) atoms. The molecule has 1 aliphatic rings. The Bertz CT molecular complexity index is 578. The molecule has 1 aromatic heterocycles. The van der Waals surface area contributed by atoms with Crippen LogP contribution in [0.3, 0.4) is 0 Å². The minimum atomic E-state index is -1.61. The zero-order valence-electron chi connectivity index (χ0n) is 14.7. The molecule has 2 atom stereocenters. The van der Waals surface area contributed by atoms with Gasteiger partial charge in [0.05, 0.1) is 26.4 Å². The van der Waals surface area contributed by atoms with E-state index in [4.69, 9.17) is 34.2 Å². The molecule has 2 rings (SSSR count). The largest absolute Gasteiger partial charge is 0.412 e. The van der Waals surface area contributed by atoms with Crippen LogP contribution < -0.4 is 11.4 Å². The van der Waals surface area contributed by atoms with E-state index in [1.807, 2.05) is 0 Å². The van der Waals surface area contributed by atoms with Crippen LogP contribution in [0.4, 0.5) is 5.82 Å². The quantitative estimate of drug-likeness (QED) is 0.594. The summed E-state index contributed by atoms with van der Waals surface area (Å²) in [6.07, 6.45) is -1.43. The summed E-state index contributed by atoms with van der Waals surface area (Å²) in [5.74, 6) is 0.148. The minimum absolute atomic E-state index is 0.00630. The van der Waals surface area contributed by atoms with Crippen LogP contribution in [-0.4, -0.2) is 55.0 Å². The van der Waals surface area contributed by atoms with Crippen LogP contribution in [0, 0.1) is 0 Å². The first-order valence-corrected chi connectivity index (χ1v) is 8.21. The van der Waals surface area contributed by atoms with Gasteiger partial charge >= 0.3 is 11.8 Å². The van der Waals surface area contributed by atoms with E-state index < -0.39 is 24.4 Å². The fraction of sp³-hybridized carbons (Fsp3) is 0.733. The molecule has 1 saturated heterocycles. The number of rotatable bonds is 10. The average molecular weight is 359 g/mol. The van der Waals surface area contributed by atoms with Crippen molar-refractivity contribution in [3.63, 3.8) is 0 Å². The third-order valence-electron chi connectivity index (χ3n) is 3.25. The van der Waals surface area contributed by atoms with Gasteiger partial charge in [-0.15, -0.1) is 0 Å². The number of hydrogen-bond acceptors (Lipinski definition) is 9. The highest BCUT2D eigenvalue weighted by atomic mass is 17.0. The number of hydrogen-bond donors (Lipinski definition) is 1. The molecule has 0 radical (unpaired) electrons. The van der Waals surface area contributed by atoms with E-state index in [0.29, 0.717) is 19.8 Å². The van der Waals surface area contributed by atoms with Crippen molar-refractivity contribution < 1.29 is 28.4 Å². The molecule has 2 unspecified atom stereocenters. The van der Waals surface area contributed by atoms with E-state index in [0.717, 1.165) is 0 Å². The van der Waals surface area contributed by atoms with Crippen LogP contribution >= 0.6 is 0 Å². The summed E-state index contributed by atoms with van der Waals surface area (Å²) < 4.78 is 34.5. The molecule has 1 fully saturated rings. The van der Waals surface area contributed by atoms with Crippen molar-refractivity contribution in [3.8, 4) is 0 Å². The third-order valence-corrected chi connectivity index (χ3v) is 3.25. The van der Waals surface area contributed by atoms with Gasteiger partial charge in [0.2, 0.25) is 0 Å². The highest BCUT2D eigenvalue weighted by Crippen LogP contribution is 2.23. The van der Waals surface area contributed by atoms with Gasteiger partial charge in [-0.25, -0.2) is 4.79 Å². The topological polar surface area (TPSA) is 116 Å². The Morgan fingerprint density at radius 1 is 1.24 bits per heavy atom. The van der Waals surface area contributed by atoms with Crippen molar-refractivity contribution in [2.75, 3.05) is 38.8 Å². The van der Waals surface area contributed by atoms with Crippen molar-refractivity contribution in [1.82, 2.24) is 9.55 Å². The first-order valence-electron chi connectivity index (χ1n) is 8.21. The SMILES string of the molecule is CCOC(OCC)(OCC)OCC1OCC(n2ccc(N)nc2=O)O1. The Kier molecular flexibility index (Phi) is 7.29. The molecular weight excluding hydrogens is 334 g/mol. The molecule has 0 saturated carbocycles. The zero-order valence-corrected chi connectivity index (χ0v) is 14.7. The standard InChI is InChI=1S/C15H25N3O7/c1-4-21-15(22-5-2,23-6-3)24-10-13-20-9-12(25-13)18-8-7-11(16)17-14(18)19/h7-8,12-13H,4-6,9-10H2,1-3H3,(H2,16,17,19). The summed E-state index contributed by atoms with van der Waals surface area (Å²) in [5, 5.41) is 0. The van der Waals surface area contributed by atoms with Crippen LogP contribution in [-0.2, 0) is 28.4 Å². The Labute approximate surface area is 145 Å². The number of nitrogen functional groups attached to an aromatic ring is 1. The van der Waals surface area contributed by atoms with Gasteiger partial charge in [-0.1, -0.05) is 0 Å². The van der Waals surface area contributed by atoms with Crippen LogP contribution in [0.15, 0.2) is 17.1 Å². The number of nitrogens with zero attached hydrogens (tertiary/aromatic N) is 2. The summed E-state index contributed by atoms with van der Waals surface area (Å²) in [5.41, 5.74) is 4.96. The molecule has 1 aromatic rings. The van der Waals surface area contributed by atoms with Gasteiger partial charge in [0.1, 0.15) is 12.4 Å². The van der Waals surface area contributed by atoms with Gasteiger partial charge in [-0.3, -0.25) is 9.30 Å². The first kappa shape index (κ1) is 19.8. The molecule has 2 N–H and O–H groups in total. The van der Waals surface area contributed by atoms with E-state index in [1.54, 1.807) is 20.8 Å². The second-order valence-corrected chi connectivity index (χ2v) is 5.01. The lowest BCUT2D eigenvalue weighted by Crippen LogP contribution is -2.44. The summed E-state index contributed by atoms with van der Waals surface area (Å²) in [6, 6.07) is 1.51. The normalized spacial score (nSPS) is 20.9. The molecule has 0 aromatic carbocycles. The summed E-state index contributed by atoms with van der Waals surface area (Å²) in [4.78, 5) is 15.5. The van der Waals surface area contributed by atoms with Crippen LogP contribution in [0.2, 0.25) is 0 Å². The molecule has 0 amide bonds. The Morgan fingerprint density at radius 2 is 1.88 bits per heavy atom. The molecule has 1 aliphatic heterocycles. The van der Waals surface area contributed by atoms with Gasteiger partial charge in [-0.05, 0) is 26.8 Å². The van der Waals surface area contributed by atoms with Gasteiger partial charge < -0.3 is 29.4 Å². The molecule has 10 heteroatoms. The number of nitrogens with two attached hydrogens (primary N) is 1. The fourth-order valence-electron chi connectivity index (χ4n) is 2.27. The Balaban J connectivity index is 1.96. The van der Waals surface area contributed by atoms with Crippen LogP contribution in [0.25, 0.3) is 0 Å². The average Bonchev–Trinajstić information content (AvgIpc) is 3.02. The highest BCUT2D eigenvalue weighted by Gasteiger charge is 2.38. The Hall–Kier alpha value is -1.56. The molecule has 142 valence electrons. The van der Waals surface area contributed by atoms with E-state index in [1.165, 1.54) is 16.8 Å². The molecule has 0 spiro atoms. The lowest BCUT2D eigenvalue weighted by molar-refractivity contribution is -0.501. The lowest BCUT2D eigenvalue weighted by atomic mass is 10.5. The Morgan fingerprint density at radius 3 is 2.44 bits per heavy atom. The highest BCUT2D eigenvalue weighted by molar-refractivity contribution is 5.23. The van der Waals surface area contributed by atoms with Gasteiger partial charge in [0.25, 0.3) is 0 Å². The van der Waals surface area contributed by atoms with E-state index in [2.05, 4.69) is 4.98 Å². The maximum atomic E-state index is 11.9. The van der Waals surface area contributed by atoms with Gasteiger partial charge in [0.15, 0.2) is 12.5 Å². The van der Waals surface area contributed by atoms with E-state index >= 15 is 0 Å². The number of aromatic nitrogens is 2. The van der Waals surface area contributed by atoms with Gasteiger partial charge in [-0.2, -0.15) is 4.98 Å². The molecule has 10 nitrogen and oxygen atoms in total. The fourth-order valence-corrected chi connectivity index (χ4v) is 2.27. The third kappa shape index (κ3) is 5.21.